The smallest absolute Gasteiger partial charge is 0.407 e. The second kappa shape index (κ2) is 21.3. The number of carbonyl (C=O) groups excluding carboxylic acids is 1. The Kier molecular flexibility index (Phi) is 15.2. The molecule has 5 aromatic rings. The van der Waals surface area contributed by atoms with Gasteiger partial charge in [0, 0.05) is 38.2 Å². The number of aryl methyl sites for hydroxylation is 1. The number of nitrogens with zero attached hydrogens (tertiary/aromatic N) is 6. The lowest BCUT2D eigenvalue weighted by Gasteiger charge is -2.23. The normalized spacial score (nSPS) is 15.8. The first-order chi connectivity index (χ1) is 30.6. The van der Waals surface area contributed by atoms with Crippen LogP contribution in [0.4, 0.5) is 16.3 Å². The third kappa shape index (κ3) is 11.1. The quantitative estimate of drug-likeness (QED) is 0.0526. The molecule has 1 atom stereocenters. The fourth-order valence-electron chi connectivity index (χ4n) is 7.77. The Hall–Kier alpha value is -6.06. The number of benzene rings is 3. The summed E-state index contributed by atoms with van der Waals surface area (Å²) in [7, 11) is -4.26. The lowest BCUT2D eigenvalue weighted by atomic mass is 9.98. The van der Waals surface area contributed by atoms with Gasteiger partial charge in [0.1, 0.15) is 12.1 Å². The molecule has 3 N–H and O–H groups in total. The van der Waals surface area contributed by atoms with Crippen LogP contribution in [0.25, 0.3) is 22.3 Å². The van der Waals surface area contributed by atoms with Gasteiger partial charge in [-0.05, 0) is 54.0 Å². The predicted octanol–water partition coefficient (Wildman–Crippen LogP) is 5.52. The minimum atomic E-state index is -4.26. The van der Waals surface area contributed by atoms with Gasteiger partial charge < -0.3 is 39.3 Å². The fourth-order valence-corrected chi connectivity index (χ4v) is 9.44. The molecule has 20 heteroatoms. The number of carbonyl (C=O) groups is 2. The van der Waals surface area contributed by atoms with E-state index in [1.807, 2.05) is 36.4 Å². The van der Waals surface area contributed by atoms with Crippen molar-refractivity contribution >= 4 is 44.8 Å². The molecule has 2 aliphatic rings. The van der Waals surface area contributed by atoms with Gasteiger partial charge in [-0.1, -0.05) is 60.7 Å². The number of carboxylic acids is 1. The van der Waals surface area contributed by atoms with Crippen molar-refractivity contribution in [1.29, 1.82) is 0 Å². The number of carboxylic acid groups (broad SMARTS) is 1. The van der Waals surface area contributed by atoms with Gasteiger partial charge in [0.25, 0.3) is 5.69 Å². The summed E-state index contributed by atoms with van der Waals surface area (Å²) in [5, 5.41) is 26.8. The second-order valence-corrected chi connectivity index (χ2v) is 16.9. The molecular formula is C43H50N8O11S. The maximum atomic E-state index is 14.0. The number of ether oxygens (including phenoxy) is 4. The van der Waals surface area contributed by atoms with Crippen molar-refractivity contribution < 1.29 is 47.0 Å². The number of aromatic nitrogens is 4. The summed E-state index contributed by atoms with van der Waals surface area (Å²) in [6, 6.07) is 20.7. The highest BCUT2D eigenvalue weighted by Gasteiger charge is 2.33. The van der Waals surface area contributed by atoms with Crippen LogP contribution in [0.2, 0.25) is 0 Å². The molecule has 63 heavy (non-hydrogen) atoms. The van der Waals surface area contributed by atoms with Crippen molar-refractivity contribution in [3.8, 4) is 11.1 Å². The molecule has 2 aromatic heterocycles. The van der Waals surface area contributed by atoms with Gasteiger partial charge in [0.05, 0.1) is 63.4 Å². The molecule has 334 valence electrons. The van der Waals surface area contributed by atoms with Gasteiger partial charge in [0.15, 0.2) is 22.2 Å². The standard InChI is InChI=1S/C43H50N8O11S/c52-38(53)17-22-59-24-26-61-27-25-60-23-18-44-41-39-42-48-40(47-41)35(46-43(54)62-28-34-32-12-3-1-10-30(32)31-11-2-4-13-33(31)34)14-7-8-20-50(21-9-19-49(42)29-45-39)63(57,58)37-16-6-5-15-36(37)51(55)56/h1-6,10-13,15-16,29,34-35H,7-9,14,17-28H2,(H,46,54)(H,52,53)(H,44,47,48). The van der Waals surface area contributed by atoms with Crippen molar-refractivity contribution in [1.82, 2.24) is 29.1 Å². The molecular weight excluding hydrogens is 837 g/mol. The van der Waals surface area contributed by atoms with Gasteiger partial charge in [-0.3, -0.25) is 14.9 Å². The van der Waals surface area contributed by atoms with E-state index in [0.29, 0.717) is 88.0 Å². The highest BCUT2D eigenvalue weighted by atomic mass is 32.2. The molecule has 0 radical (unpaired) electrons. The zero-order valence-electron chi connectivity index (χ0n) is 34.6. The van der Waals surface area contributed by atoms with Crippen molar-refractivity contribution in [3.63, 3.8) is 0 Å². The molecule has 1 unspecified atom stereocenters. The lowest BCUT2D eigenvalue weighted by molar-refractivity contribution is -0.387. The summed E-state index contributed by atoms with van der Waals surface area (Å²) in [6.45, 7) is 2.55. The monoisotopic (exact) mass is 886 g/mol. The van der Waals surface area contributed by atoms with Crippen molar-refractivity contribution in [2.24, 2.45) is 0 Å². The number of para-hydroxylation sites is 1. The molecule has 3 aromatic carbocycles. The van der Waals surface area contributed by atoms with Crippen LogP contribution in [0.5, 0.6) is 0 Å². The Labute approximate surface area is 363 Å². The number of sulfonamides is 1. The predicted molar refractivity (Wildman–Crippen MR) is 230 cm³/mol. The van der Waals surface area contributed by atoms with Crippen molar-refractivity contribution in [3.05, 3.63) is 106 Å². The van der Waals surface area contributed by atoms with E-state index in [1.54, 1.807) is 10.9 Å². The number of rotatable bonds is 19. The number of fused-ring (bicyclic) bond motifs is 4. The molecule has 1 aliphatic carbocycles. The minimum Gasteiger partial charge on any atom is -0.481 e. The highest BCUT2D eigenvalue weighted by molar-refractivity contribution is 7.89. The number of nitro benzene ring substituents is 1. The maximum absolute atomic E-state index is 14.0. The Bertz CT molecular complexity index is 2460. The molecule has 0 spiro atoms. The molecule has 0 saturated heterocycles. The molecule has 7 rings (SSSR count). The summed E-state index contributed by atoms with van der Waals surface area (Å²) in [5.41, 5.74) is 4.78. The van der Waals surface area contributed by atoms with Gasteiger partial charge in [-0.15, -0.1) is 0 Å². The van der Waals surface area contributed by atoms with Crippen LogP contribution in [0, 0.1) is 10.1 Å². The van der Waals surface area contributed by atoms with Gasteiger partial charge >= 0.3 is 12.1 Å². The first kappa shape index (κ1) is 45.0. The van der Waals surface area contributed by atoms with E-state index in [0.717, 1.165) is 22.3 Å². The molecule has 2 bridgehead atoms. The van der Waals surface area contributed by atoms with Crippen LogP contribution in [0.1, 0.15) is 61.0 Å². The Morgan fingerprint density at radius 3 is 2.19 bits per heavy atom. The fraction of sp³-hybridized carbons (Fsp3) is 0.419. The van der Waals surface area contributed by atoms with Crippen molar-refractivity contribution in [2.75, 3.05) is 71.2 Å². The minimum absolute atomic E-state index is 0.0669. The van der Waals surface area contributed by atoms with Crippen LogP contribution >= 0.6 is 0 Å². The zero-order valence-corrected chi connectivity index (χ0v) is 35.4. The first-order valence-corrected chi connectivity index (χ1v) is 22.3. The van der Waals surface area contributed by atoms with Gasteiger partial charge in [-0.25, -0.2) is 28.2 Å². The van der Waals surface area contributed by atoms with Crippen molar-refractivity contribution in [2.45, 2.75) is 55.5 Å². The van der Waals surface area contributed by atoms with E-state index in [1.165, 1.54) is 28.6 Å². The van der Waals surface area contributed by atoms with E-state index in [-0.39, 0.29) is 50.1 Å². The first-order valence-electron chi connectivity index (χ1n) is 20.9. The number of hydrogen-bond donors (Lipinski definition) is 3. The largest absolute Gasteiger partial charge is 0.481 e. The molecule has 1 amide bonds. The number of alkyl carbamates (subject to hydrolysis) is 1. The van der Waals surface area contributed by atoms with E-state index in [4.69, 9.17) is 34.0 Å². The molecule has 0 saturated carbocycles. The summed E-state index contributed by atoms with van der Waals surface area (Å²) in [5.74, 6) is -0.354. The van der Waals surface area contributed by atoms with E-state index in [9.17, 15) is 28.1 Å². The highest BCUT2D eigenvalue weighted by Crippen LogP contribution is 2.44. The van der Waals surface area contributed by atoms with Gasteiger partial charge in [0.2, 0.25) is 10.0 Å². The summed E-state index contributed by atoms with van der Waals surface area (Å²) < 4.78 is 53.5. The van der Waals surface area contributed by atoms with E-state index >= 15 is 0 Å². The number of imidazole rings is 1. The Morgan fingerprint density at radius 2 is 1.48 bits per heavy atom. The molecule has 3 heterocycles. The number of nitrogens with one attached hydrogen (secondary N) is 2. The van der Waals surface area contributed by atoms with Crippen LogP contribution < -0.4 is 10.6 Å². The Balaban J connectivity index is 1.07. The number of anilines is 1. The van der Waals surface area contributed by atoms with Crippen LogP contribution in [-0.4, -0.2) is 120 Å². The lowest BCUT2D eigenvalue weighted by Crippen LogP contribution is -2.34. The summed E-state index contributed by atoms with van der Waals surface area (Å²) >= 11 is 0. The molecule has 1 aliphatic heterocycles. The second-order valence-electron chi connectivity index (χ2n) is 14.9. The Morgan fingerprint density at radius 1 is 0.825 bits per heavy atom. The summed E-state index contributed by atoms with van der Waals surface area (Å²) in [4.78, 5) is 49.5. The third-order valence-corrected chi connectivity index (χ3v) is 12.8. The average Bonchev–Trinajstić information content (AvgIpc) is 3.84. The average molecular weight is 887 g/mol. The van der Waals surface area contributed by atoms with Crippen LogP contribution in [-0.2, 0) is 40.3 Å². The SMILES string of the molecule is O=C(O)CCOCCOCCOCCNc1nc2nc3c1ncn3CCCN(S(=O)(=O)c1ccccc1[N+](=O)[O-])CCCCC2NC(=O)OCC1c2ccccc2-c2ccccc21. The maximum Gasteiger partial charge on any atom is 0.407 e. The van der Waals surface area contributed by atoms with Gasteiger partial charge in [-0.2, -0.15) is 4.31 Å². The van der Waals surface area contributed by atoms with E-state index < -0.39 is 38.7 Å². The third-order valence-electron chi connectivity index (χ3n) is 10.8. The number of amides is 1. The van der Waals surface area contributed by atoms with E-state index in [2.05, 4.69) is 27.8 Å². The van der Waals surface area contributed by atoms with Crippen LogP contribution in [0.15, 0.2) is 84.0 Å². The number of nitro groups is 1. The zero-order chi connectivity index (χ0) is 44.2. The van der Waals surface area contributed by atoms with Crippen LogP contribution in [0.3, 0.4) is 0 Å². The topological polar surface area (TPSA) is 239 Å². The molecule has 0 fully saturated rings. The summed E-state index contributed by atoms with van der Waals surface area (Å²) in [6.07, 6.45) is 2.34. The number of hydrogen-bond acceptors (Lipinski definition) is 14. The molecule has 19 nitrogen and oxygen atoms in total. The number of aliphatic carboxylic acids is 1.